The number of nitrogens with two attached hydrogens (primary N) is 1. The summed E-state index contributed by atoms with van der Waals surface area (Å²) in [6, 6.07) is 14.4. The topological polar surface area (TPSA) is 111 Å². The van der Waals surface area contributed by atoms with Gasteiger partial charge in [-0.25, -0.2) is 0 Å². The van der Waals surface area contributed by atoms with E-state index in [-0.39, 0.29) is 12.3 Å². The Morgan fingerprint density at radius 1 is 0.889 bits per heavy atom. The summed E-state index contributed by atoms with van der Waals surface area (Å²) in [5.41, 5.74) is 9.35. The van der Waals surface area contributed by atoms with Gasteiger partial charge in [0.2, 0.25) is 5.91 Å². The number of carbonyl (C=O) groups is 1. The molecule has 12 heteroatoms. The number of para-hydroxylation sites is 2. The van der Waals surface area contributed by atoms with Crippen molar-refractivity contribution in [1.82, 2.24) is 10.3 Å². The second-order valence-electron chi connectivity index (χ2n) is 10.9. The maximum absolute atomic E-state index is 12.4. The van der Waals surface area contributed by atoms with Gasteiger partial charge in [0.25, 0.3) is 0 Å². The Kier molecular flexibility index (Phi) is 12.5. The number of ether oxygens (including phenoxy) is 4. The third-order valence-corrected chi connectivity index (χ3v) is 8.25. The zero-order chi connectivity index (χ0) is 31.4. The molecule has 5 rings (SSSR count). The second-order valence-corrected chi connectivity index (χ2v) is 11.7. The summed E-state index contributed by atoms with van der Waals surface area (Å²) in [6.07, 6.45) is 6.72. The molecule has 0 spiro atoms. The molecule has 1 fully saturated rings. The molecule has 0 unspecified atom stereocenters. The van der Waals surface area contributed by atoms with Gasteiger partial charge in [-0.05, 0) is 43.0 Å². The van der Waals surface area contributed by atoms with Crippen molar-refractivity contribution in [3.63, 3.8) is 0 Å². The predicted molar refractivity (Wildman–Crippen MR) is 177 cm³/mol. The quantitative estimate of drug-likeness (QED) is 0.175. The highest BCUT2D eigenvalue weighted by molar-refractivity contribution is 6.34. The number of hydrogen-bond donors (Lipinski definition) is 2. The van der Waals surface area contributed by atoms with E-state index in [0.29, 0.717) is 86.7 Å². The van der Waals surface area contributed by atoms with Crippen LogP contribution in [0.5, 0.6) is 11.5 Å². The number of aryl methyl sites for hydroxylation is 1. The van der Waals surface area contributed by atoms with Crippen LogP contribution >= 0.6 is 23.2 Å². The van der Waals surface area contributed by atoms with Gasteiger partial charge in [0, 0.05) is 62.0 Å². The molecule has 3 N–H and O–H groups in total. The largest absolute Gasteiger partial charge is 0.453 e. The molecule has 0 radical (unpaired) electrons. The van der Waals surface area contributed by atoms with Crippen LogP contribution in [0, 0.1) is 0 Å². The number of benzene rings is 2. The van der Waals surface area contributed by atoms with E-state index in [0.717, 1.165) is 30.0 Å². The average Bonchev–Trinajstić information content (AvgIpc) is 3.90. The average molecular weight is 659 g/mol. The van der Waals surface area contributed by atoms with Crippen molar-refractivity contribution >= 4 is 46.2 Å². The maximum atomic E-state index is 12.4. The Hall–Kier alpha value is -3.12. The number of aromatic nitrogens is 1. The Labute approximate surface area is 274 Å². The Bertz CT molecular complexity index is 1410. The van der Waals surface area contributed by atoms with Crippen molar-refractivity contribution in [2.45, 2.75) is 31.7 Å². The van der Waals surface area contributed by atoms with Crippen LogP contribution in [0.15, 0.2) is 54.9 Å². The molecule has 10 nitrogen and oxygen atoms in total. The Morgan fingerprint density at radius 3 is 2.38 bits per heavy atom. The third-order valence-electron chi connectivity index (χ3n) is 7.60. The number of carbonyl (C=O) groups excluding carboxylic acids is 1. The lowest BCUT2D eigenvalue weighted by Gasteiger charge is -2.39. The van der Waals surface area contributed by atoms with Gasteiger partial charge in [0.05, 0.1) is 62.2 Å². The molecular formula is C33H41Cl2N5O5. The highest BCUT2D eigenvalue weighted by Gasteiger charge is 2.34. The molecule has 0 saturated heterocycles. The number of anilines is 3. The molecule has 1 saturated carbocycles. The van der Waals surface area contributed by atoms with Gasteiger partial charge in [-0.3, -0.25) is 9.78 Å². The van der Waals surface area contributed by atoms with E-state index in [2.05, 4.69) is 44.4 Å². The summed E-state index contributed by atoms with van der Waals surface area (Å²) in [4.78, 5) is 21.5. The first-order valence-corrected chi connectivity index (χ1v) is 16.2. The molecule has 45 heavy (non-hydrogen) atoms. The number of halogens is 2. The third kappa shape index (κ3) is 9.45. The zero-order valence-corrected chi connectivity index (χ0v) is 26.9. The van der Waals surface area contributed by atoms with E-state index >= 15 is 0 Å². The van der Waals surface area contributed by atoms with Crippen LogP contribution in [-0.2, 0) is 25.4 Å². The fourth-order valence-electron chi connectivity index (χ4n) is 5.24. The normalized spacial score (nSPS) is 14.4. The summed E-state index contributed by atoms with van der Waals surface area (Å²) in [6.45, 7) is 5.50. The second kappa shape index (κ2) is 17.0. The van der Waals surface area contributed by atoms with Crippen LogP contribution in [0.25, 0.3) is 0 Å². The van der Waals surface area contributed by atoms with Crippen LogP contribution in [0.4, 0.5) is 17.1 Å². The van der Waals surface area contributed by atoms with Gasteiger partial charge in [-0.15, -0.1) is 0 Å². The van der Waals surface area contributed by atoms with Gasteiger partial charge in [-0.2, -0.15) is 0 Å². The number of nitrogens with zero attached hydrogens (tertiary/aromatic N) is 3. The van der Waals surface area contributed by atoms with Gasteiger partial charge >= 0.3 is 0 Å². The summed E-state index contributed by atoms with van der Waals surface area (Å²) >= 11 is 13.3. The van der Waals surface area contributed by atoms with Gasteiger partial charge in [0.15, 0.2) is 5.75 Å². The molecular weight excluding hydrogens is 617 g/mol. The Morgan fingerprint density at radius 2 is 1.62 bits per heavy atom. The first-order valence-electron chi connectivity index (χ1n) is 15.5. The van der Waals surface area contributed by atoms with E-state index in [1.165, 1.54) is 18.5 Å². The van der Waals surface area contributed by atoms with Crippen molar-refractivity contribution in [2.24, 2.45) is 5.73 Å². The number of pyridine rings is 1. The predicted octanol–water partition coefficient (Wildman–Crippen LogP) is 5.36. The van der Waals surface area contributed by atoms with Gasteiger partial charge in [-0.1, -0.05) is 35.3 Å². The summed E-state index contributed by atoms with van der Waals surface area (Å²) in [7, 11) is 0. The van der Waals surface area contributed by atoms with Crippen LogP contribution in [0.2, 0.25) is 10.0 Å². The maximum Gasteiger partial charge on any atom is 0.220 e. The van der Waals surface area contributed by atoms with E-state index in [4.69, 9.17) is 47.9 Å². The lowest BCUT2D eigenvalue weighted by Crippen LogP contribution is -2.40. The minimum atomic E-state index is -0.0945. The van der Waals surface area contributed by atoms with Crippen molar-refractivity contribution in [3.05, 3.63) is 70.5 Å². The van der Waals surface area contributed by atoms with E-state index < -0.39 is 0 Å². The van der Waals surface area contributed by atoms with Crippen molar-refractivity contribution in [3.8, 4) is 11.5 Å². The number of nitrogens with one attached hydrogen (secondary N) is 1. The monoisotopic (exact) mass is 657 g/mol. The standard InChI is InChI=1S/C33H41Cl2N5O5/c34-26-22-32(27(35)21-24(26)5-8-33(41)38-12-16-43-18-20-44-19-17-42-15-10-36)45-31-9-11-37-23-30(31)40-14-13-39(25-6-7-25)28-3-1-2-4-29(28)40/h1-4,9,11,21-23,25H,5-8,10,12-20,36H2,(H,38,41). The van der Waals surface area contributed by atoms with Crippen molar-refractivity contribution in [1.29, 1.82) is 0 Å². The highest BCUT2D eigenvalue weighted by Crippen LogP contribution is 2.45. The van der Waals surface area contributed by atoms with Gasteiger partial charge < -0.3 is 39.8 Å². The number of rotatable bonds is 18. The van der Waals surface area contributed by atoms with Crippen LogP contribution < -0.4 is 25.6 Å². The molecule has 3 aromatic rings. The summed E-state index contributed by atoms with van der Waals surface area (Å²) in [5.74, 6) is 0.981. The number of amides is 1. The minimum Gasteiger partial charge on any atom is -0.453 e. The molecule has 0 bridgehead atoms. The zero-order valence-electron chi connectivity index (χ0n) is 25.4. The summed E-state index contributed by atoms with van der Waals surface area (Å²) < 4.78 is 22.5. The van der Waals surface area contributed by atoms with E-state index in [1.807, 2.05) is 12.3 Å². The summed E-state index contributed by atoms with van der Waals surface area (Å²) in [5, 5.41) is 3.76. The molecule has 1 aromatic heterocycles. The molecule has 1 aliphatic heterocycles. The van der Waals surface area contributed by atoms with Crippen molar-refractivity contribution < 1.29 is 23.7 Å². The van der Waals surface area contributed by atoms with E-state index in [1.54, 1.807) is 18.3 Å². The van der Waals surface area contributed by atoms with Gasteiger partial charge in [0.1, 0.15) is 11.4 Å². The molecule has 0 atom stereocenters. The highest BCUT2D eigenvalue weighted by atomic mass is 35.5. The number of fused-ring (bicyclic) bond motifs is 1. The molecule has 2 aliphatic rings. The first-order chi connectivity index (χ1) is 22.0. The minimum absolute atomic E-state index is 0.0945. The first kappa shape index (κ1) is 33.2. The smallest absolute Gasteiger partial charge is 0.220 e. The van der Waals surface area contributed by atoms with Crippen molar-refractivity contribution in [2.75, 3.05) is 75.6 Å². The fourth-order valence-corrected chi connectivity index (χ4v) is 5.72. The number of hydrogen-bond acceptors (Lipinski definition) is 9. The van der Waals surface area contributed by atoms with Crippen LogP contribution in [0.3, 0.4) is 0 Å². The molecule has 2 aromatic carbocycles. The lowest BCUT2D eigenvalue weighted by atomic mass is 10.1. The fraction of sp³-hybridized carbons (Fsp3) is 0.455. The molecule has 1 amide bonds. The Balaban J connectivity index is 1.11. The van der Waals surface area contributed by atoms with Crippen LogP contribution in [-0.4, -0.2) is 82.8 Å². The SMILES string of the molecule is NCCOCCOCCOCCNC(=O)CCc1cc(Cl)c(Oc2ccncc2N2CCN(C3CC3)c3ccccc32)cc1Cl. The molecule has 2 heterocycles. The molecule has 1 aliphatic carbocycles. The molecule has 242 valence electrons. The van der Waals surface area contributed by atoms with E-state index in [9.17, 15) is 4.79 Å². The lowest BCUT2D eigenvalue weighted by molar-refractivity contribution is -0.121. The van der Waals surface area contributed by atoms with Crippen LogP contribution in [0.1, 0.15) is 24.8 Å².